The van der Waals surface area contributed by atoms with Crippen molar-refractivity contribution in [3.8, 4) is 5.75 Å². The van der Waals surface area contributed by atoms with E-state index in [0.717, 1.165) is 11.3 Å². The summed E-state index contributed by atoms with van der Waals surface area (Å²) in [6, 6.07) is 4.98. The number of phenolic OH excluding ortho intramolecular Hbond substituents is 1. The zero-order chi connectivity index (χ0) is 20.6. The second kappa shape index (κ2) is 7.18. The van der Waals surface area contributed by atoms with Gasteiger partial charge in [0.25, 0.3) is 5.91 Å². The Hall–Kier alpha value is -3.03. The monoisotopic (exact) mass is 386 g/mol. The Morgan fingerprint density at radius 3 is 2.68 bits per heavy atom. The SMILES string of the molecule is Cc1ccc(O)c(NC(=O)c2nn(C)c3c2CN(C(=O)OC(C)(C)C)CC3)c1. The summed E-state index contributed by atoms with van der Waals surface area (Å²) in [5.41, 5.74) is 2.50. The van der Waals surface area contributed by atoms with Crippen LogP contribution < -0.4 is 5.32 Å². The van der Waals surface area contributed by atoms with Gasteiger partial charge in [-0.2, -0.15) is 5.10 Å². The van der Waals surface area contributed by atoms with E-state index in [0.29, 0.717) is 24.2 Å². The molecule has 3 rings (SSSR count). The number of anilines is 1. The Morgan fingerprint density at radius 1 is 1.29 bits per heavy atom. The lowest BCUT2D eigenvalue weighted by atomic mass is 10.0. The van der Waals surface area contributed by atoms with Gasteiger partial charge >= 0.3 is 6.09 Å². The molecule has 0 bridgehead atoms. The highest BCUT2D eigenvalue weighted by Crippen LogP contribution is 2.27. The van der Waals surface area contributed by atoms with Crippen molar-refractivity contribution in [1.82, 2.24) is 14.7 Å². The molecule has 0 fully saturated rings. The first-order chi connectivity index (χ1) is 13.0. The molecule has 0 saturated heterocycles. The van der Waals surface area contributed by atoms with Crippen molar-refractivity contribution in [2.45, 2.75) is 46.3 Å². The molecule has 2 N–H and O–H groups in total. The summed E-state index contributed by atoms with van der Waals surface area (Å²) >= 11 is 0. The Morgan fingerprint density at radius 2 is 2.00 bits per heavy atom. The zero-order valence-electron chi connectivity index (χ0n) is 16.9. The molecule has 1 aliphatic heterocycles. The van der Waals surface area contributed by atoms with Gasteiger partial charge in [0.15, 0.2) is 5.69 Å². The second-order valence-corrected chi connectivity index (χ2v) is 8.02. The molecule has 2 heterocycles. The number of hydrogen-bond acceptors (Lipinski definition) is 5. The van der Waals surface area contributed by atoms with Gasteiger partial charge in [-0.05, 0) is 45.4 Å². The van der Waals surface area contributed by atoms with E-state index in [-0.39, 0.29) is 18.0 Å². The molecule has 0 unspecified atom stereocenters. The van der Waals surface area contributed by atoms with Gasteiger partial charge in [-0.25, -0.2) is 4.79 Å². The van der Waals surface area contributed by atoms with Crippen LogP contribution in [0.3, 0.4) is 0 Å². The molecule has 2 amide bonds. The van der Waals surface area contributed by atoms with Crippen LogP contribution in [0.4, 0.5) is 10.5 Å². The van der Waals surface area contributed by atoms with E-state index >= 15 is 0 Å². The normalized spacial score (nSPS) is 13.8. The molecule has 0 radical (unpaired) electrons. The first-order valence-corrected chi connectivity index (χ1v) is 9.19. The topological polar surface area (TPSA) is 96.7 Å². The number of carbonyl (C=O) groups excluding carboxylic acids is 2. The number of nitrogens with one attached hydrogen (secondary N) is 1. The van der Waals surface area contributed by atoms with Crippen LogP contribution in [0.1, 0.15) is 48.1 Å². The van der Waals surface area contributed by atoms with E-state index in [9.17, 15) is 14.7 Å². The molecule has 8 heteroatoms. The smallest absolute Gasteiger partial charge is 0.410 e. The summed E-state index contributed by atoms with van der Waals surface area (Å²) in [7, 11) is 1.78. The van der Waals surface area contributed by atoms with Gasteiger partial charge in [0.05, 0.1) is 12.2 Å². The average molecular weight is 386 g/mol. The van der Waals surface area contributed by atoms with Gasteiger partial charge in [-0.15, -0.1) is 0 Å². The van der Waals surface area contributed by atoms with Crippen LogP contribution >= 0.6 is 0 Å². The number of ether oxygens (including phenoxy) is 1. The van der Waals surface area contributed by atoms with Crippen LogP contribution in [0.25, 0.3) is 0 Å². The van der Waals surface area contributed by atoms with E-state index in [1.807, 2.05) is 27.7 Å². The Kier molecular flexibility index (Phi) is 5.06. The van der Waals surface area contributed by atoms with E-state index in [4.69, 9.17) is 4.74 Å². The lowest BCUT2D eigenvalue weighted by molar-refractivity contribution is 0.0222. The maximum Gasteiger partial charge on any atom is 0.410 e. The third kappa shape index (κ3) is 4.11. The van der Waals surface area contributed by atoms with Gasteiger partial charge in [-0.3, -0.25) is 9.48 Å². The maximum atomic E-state index is 12.8. The van der Waals surface area contributed by atoms with Crippen molar-refractivity contribution >= 4 is 17.7 Å². The van der Waals surface area contributed by atoms with Gasteiger partial charge in [-0.1, -0.05) is 6.07 Å². The van der Waals surface area contributed by atoms with Crippen molar-refractivity contribution in [1.29, 1.82) is 0 Å². The van der Waals surface area contributed by atoms with Crippen LogP contribution in [0.5, 0.6) is 5.75 Å². The van der Waals surface area contributed by atoms with E-state index in [1.165, 1.54) is 6.07 Å². The van der Waals surface area contributed by atoms with Gasteiger partial charge in [0.1, 0.15) is 11.4 Å². The zero-order valence-corrected chi connectivity index (χ0v) is 16.9. The molecule has 150 valence electrons. The number of nitrogens with zero attached hydrogens (tertiary/aromatic N) is 3. The number of carbonyl (C=O) groups is 2. The molecular formula is C20H26N4O4. The lowest BCUT2D eigenvalue weighted by Crippen LogP contribution is -2.40. The Bertz CT molecular complexity index is 927. The predicted molar refractivity (Wildman–Crippen MR) is 104 cm³/mol. The Labute approximate surface area is 164 Å². The number of hydrogen-bond donors (Lipinski definition) is 2. The molecule has 1 aromatic carbocycles. The fraction of sp³-hybridized carbons (Fsp3) is 0.450. The van der Waals surface area contributed by atoms with Crippen molar-refractivity contribution in [2.24, 2.45) is 7.05 Å². The summed E-state index contributed by atoms with van der Waals surface area (Å²) in [5, 5.41) is 17.1. The molecule has 28 heavy (non-hydrogen) atoms. The second-order valence-electron chi connectivity index (χ2n) is 8.02. The maximum absolute atomic E-state index is 12.8. The fourth-order valence-electron chi connectivity index (χ4n) is 3.19. The number of aromatic hydroxyl groups is 1. The minimum absolute atomic E-state index is 0.0147. The van der Waals surface area contributed by atoms with E-state index in [2.05, 4.69) is 10.4 Å². The first-order valence-electron chi connectivity index (χ1n) is 9.19. The number of aryl methyl sites for hydroxylation is 2. The number of benzene rings is 1. The van der Waals surface area contributed by atoms with Crippen molar-refractivity contribution in [3.05, 3.63) is 40.7 Å². The third-order valence-electron chi connectivity index (χ3n) is 4.51. The van der Waals surface area contributed by atoms with E-state index < -0.39 is 17.6 Å². The van der Waals surface area contributed by atoms with Crippen molar-refractivity contribution in [2.75, 3.05) is 11.9 Å². The standard InChI is InChI=1S/C20H26N4O4/c1-12-6-7-16(25)14(10-12)21-18(26)17-13-11-24(19(27)28-20(2,3)4)9-8-15(13)23(5)22-17/h6-7,10,25H,8-9,11H2,1-5H3,(H,21,26). The first kappa shape index (κ1) is 19.7. The van der Waals surface area contributed by atoms with E-state index in [1.54, 1.807) is 28.8 Å². The molecule has 1 aromatic heterocycles. The molecule has 0 atom stereocenters. The highest BCUT2D eigenvalue weighted by Gasteiger charge is 2.31. The molecular weight excluding hydrogens is 360 g/mol. The minimum atomic E-state index is -0.588. The number of fused-ring (bicyclic) bond motifs is 1. The third-order valence-corrected chi connectivity index (χ3v) is 4.51. The summed E-state index contributed by atoms with van der Waals surface area (Å²) in [6.07, 6.45) is 0.172. The summed E-state index contributed by atoms with van der Waals surface area (Å²) in [6.45, 7) is 8.07. The van der Waals surface area contributed by atoms with Crippen LogP contribution in [-0.4, -0.2) is 43.9 Å². The molecule has 8 nitrogen and oxygen atoms in total. The summed E-state index contributed by atoms with van der Waals surface area (Å²) in [5.74, 6) is -0.442. The van der Waals surface area contributed by atoms with Gasteiger partial charge < -0.3 is 20.1 Å². The van der Waals surface area contributed by atoms with Crippen LogP contribution in [0.15, 0.2) is 18.2 Å². The number of amides is 2. The highest BCUT2D eigenvalue weighted by atomic mass is 16.6. The number of phenols is 1. The lowest BCUT2D eigenvalue weighted by Gasteiger charge is -2.30. The summed E-state index contributed by atoms with van der Waals surface area (Å²) < 4.78 is 7.12. The average Bonchev–Trinajstić information content (AvgIpc) is 2.93. The van der Waals surface area contributed by atoms with Crippen LogP contribution in [-0.2, 0) is 24.8 Å². The van der Waals surface area contributed by atoms with Crippen molar-refractivity contribution in [3.63, 3.8) is 0 Å². The molecule has 0 aliphatic carbocycles. The van der Waals surface area contributed by atoms with Gasteiger partial charge in [0, 0.05) is 31.3 Å². The van der Waals surface area contributed by atoms with Gasteiger partial charge in [0.2, 0.25) is 0 Å². The molecule has 0 saturated carbocycles. The molecule has 2 aromatic rings. The highest BCUT2D eigenvalue weighted by molar-refractivity contribution is 6.05. The number of aromatic nitrogens is 2. The quantitative estimate of drug-likeness (QED) is 0.774. The number of rotatable bonds is 2. The van der Waals surface area contributed by atoms with Crippen molar-refractivity contribution < 1.29 is 19.4 Å². The van der Waals surface area contributed by atoms with Crippen LogP contribution in [0, 0.1) is 6.92 Å². The largest absolute Gasteiger partial charge is 0.506 e. The Balaban J connectivity index is 1.84. The fourth-order valence-corrected chi connectivity index (χ4v) is 3.19. The minimum Gasteiger partial charge on any atom is -0.506 e. The van der Waals surface area contributed by atoms with Crippen LogP contribution in [0.2, 0.25) is 0 Å². The molecule has 1 aliphatic rings. The molecule has 0 spiro atoms. The summed E-state index contributed by atoms with van der Waals surface area (Å²) in [4.78, 5) is 26.8. The predicted octanol–water partition coefficient (Wildman–Crippen LogP) is 2.98.